The molecule has 0 spiro atoms. The lowest BCUT2D eigenvalue weighted by Crippen LogP contribution is -2.48. The third-order valence-electron chi connectivity index (χ3n) is 7.37. The molecule has 0 saturated carbocycles. The van der Waals surface area contributed by atoms with E-state index >= 15 is 0 Å². The molecule has 0 atom stereocenters. The number of piperazine rings is 1. The van der Waals surface area contributed by atoms with E-state index < -0.39 is 31.4 Å². The summed E-state index contributed by atoms with van der Waals surface area (Å²) in [5, 5.41) is 14.7. The Morgan fingerprint density at radius 1 is 0.872 bits per heavy atom. The Balaban J connectivity index is 1.13. The van der Waals surface area contributed by atoms with Gasteiger partial charge in [-0.3, -0.25) is 14.9 Å². The SMILES string of the molecule is O=C(NS(=O)(=O)c1ccc(NCCSc2ccccc2)c([N+](=O)[O-])c1)c1ccc(N2CCN(C(=O)OCc3ccccc3)CC2)cc1. The van der Waals surface area contributed by atoms with E-state index in [1.807, 2.05) is 65.4 Å². The topological polar surface area (TPSA) is 151 Å². The van der Waals surface area contributed by atoms with E-state index in [1.165, 1.54) is 24.3 Å². The minimum atomic E-state index is -4.40. The van der Waals surface area contributed by atoms with Crippen LogP contribution in [-0.2, 0) is 21.4 Å². The van der Waals surface area contributed by atoms with E-state index in [0.717, 1.165) is 22.2 Å². The largest absolute Gasteiger partial charge is 0.445 e. The summed E-state index contributed by atoms with van der Waals surface area (Å²) in [5.74, 6) is -0.235. The Morgan fingerprint density at radius 3 is 2.19 bits per heavy atom. The van der Waals surface area contributed by atoms with Gasteiger partial charge in [0.2, 0.25) is 0 Å². The Labute approximate surface area is 276 Å². The fraction of sp³-hybridized carbons (Fsp3) is 0.212. The first-order valence-corrected chi connectivity index (χ1v) is 17.2. The highest BCUT2D eigenvalue weighted by molar-refractivity contribution is 7.99. The van der Waals surface area contributed by atoms with Crippen molar-refractivity contribution in [1.29, 1.82) is 0 Å². The number of thioether (sulfide) groups is 1. The molecule has 4 aromatic rings. The Morgan fingerprint density at radius 2 is 1.53 bits per heavy atom. The molecule has 2 amide bonds. The summed E-state index contributed by atoms with van der Waals surface area (Å²) in [6.07, 6.45) is -0.379. The lowest BCUT2D eigenvalue weighted by molar-refractivity contribution is -0.384. The third-order valence-corrected chi connectivity index (χ3v) is 9.71. The number of hydrogen-bond acceptors (Lipinski definition) is 10. The molecule has 0 bridgehead atoms. The van der Waals surface area contributed by atoms with Crippen molar-refractivity contribution in [2.24, 2.45) is 0 Å². The van der Waals surface area contributed by atoms with Crippen LogP contribution in [-0.4, -0.2) is 68.7 Å². The first-order valence-electron chi connectivity index (χ1n) is 14.8. The Hall–Kier alpha value is -5.08. The van der Waals surface area contributed by atoms with Crippen molar-refractivity contribution in [1.82, 2.24) is 9.62 Å². The number of hydrogen-bond donors (Lipinski definition) is 2. The molecule has 14 heteroatoms. The molecule has 47 heavy (non-hydrogen) atoms. The first-order chi connectivity index (χ1) is 22.7. The highest BCUT2D eigenvalue weighted by Crippen LogP contribution is 2.28. The molecule has 12 nitrogen and oxygen atoms in total. The van der Waals surface area contributed by atoms with Crippen molar-refractivity contribution in [3.8, 4) is 0 Å². The van der Waals surface area contributed by atoms with Crippen molar-refractivity contribution >= 4 is 50.8 Å². The van der Waals surface area contributed by atoms with Crippen LogP contribution in [0.15, 0.2) is 113 Å². The molecule has 0 unspecified atom stereocenters. The normalized spacial score (nSPS) is 13.1. The molecule has 2 N–H and O–H groups in total. The second-order valence-electron chi connectivity index (χ2n) is 10.5. The second-order valence-corrected chi connectivity index (χ2v) is 13.4. The summed E-state index contributed by atoms with van der Waals surface area (Å²) in [7, 11) is -4.40. The highest BCUT2D eigenvalue weighted by atomic mass is 32.2. The van der Waals surface area contributed by atoms with E-state index in [4.69, 9.17) is 4.74 Å². The van der Waals surface area contributed by atoms with Crippen LogP contribution in [0, 0.1) is 10.1 Å². The molecule has 1 saturated heterocycles. The summed E-state index contributed by atoms with van der Waals surface area (Å²) >= 11 is 1.58. The van der Waals surface area contributed by atoms with Gasteiger partial charge in [0.15, 0.2) is 0 Å². The van der Waals surface area contributed by atoms with Gasteiger partial charge in [-0.2, -0.15) is 0 Å². The summed E-state index contributed by atoms with van der Waals surface area (Å²) in [6.45, 7) is 2.64. The number of ether oxygens (including phenoxy) is 1. The monoisotopic (exact) mass is 675 g/mol. The maximum Gasteiger partial charge on any atom is 0.410 e. The highest BCUT2D eigenvalue weighted by Gasteiger charge is 2.25. The standard InChI is InChI=1S/C33H33N5O7S2/c39-32(26-11-13-27(14-12-26)36-18-20-37(21-19-36)33(40)45-24-25-7-3-1-4-8-25)35-47(43,44)29-15-16-30(31(23-29)38(41)42)34-17-22-46-28-9-5-2-6-10-28/h1-16,23,34H,17-22,24H2,(H,35,39). The summed E-state index contributed by atoms with van der Waals surface area (Å²) in [5.41, 5.74) is 1.58. The van der Waals surface area contributed by atoms with E-state index in [2.05, 4.69) is 10.2 Å². The summed E-state index contributed by atoms with van der Waals surface area (Å²) in [4.78, 5) is 40.8. The van der Waals surface area contributed by atoms with Crippen molar-refractivity contribution in [2.75, 3.05) is 48.7 Å². The maximum absolute atomic E-state index is 13.0. The number of anilines is 2. The second kappa shape index (κ2) is 15.5. The number of benzene rings is 4. The molecule has 1 fully saturated rings. The van der Waals surface area contributed by atoms with Crippen LogP contribution in [0.1, 0.15) is 15.9 Å². The third kappa shape index (κ3) is 9.01. The molecule has 0 aliphatic carbocycles. The van der Waals surface area contributed by atoms with Crippen LogP contribution in [0.4, 0.5) is 21.9 Å². The zero-order chi connectivity index (χ0) is 33.2. The molecule has 1 aliphatic rings. The number of rotatable bonds is 12. The van der Waals surface area contributed by atoms with E-state index in [0.29, 0.717) is 38.5 Å². The van der Waals surface area contributed by atoms with Gasteiger partial charge in [0.1, 0.15) is 12.3 Å². The van der Waals surface area contributed by atoms with Gasteiger partial charge >= 0.3 is 6.09 Å². The minimum absolute atomic E-state index is 0.101. The molecular formula is C33H33N5O7S2. The smallest absolute Gasteiger partial charge is 0.410 e. The molecular weight excluding hydrogens is 643 g/mol. The molecule has 1 aliphatic heterocycles. The van der Waals surface area contributed by atoms with Gasteiger partial charge in [0.05, 0.1) is 9.82 Å². The van der Waals surface area contributed by atoms with Gasteiger partial charge in [-0.05, 0) is 54.1 Å². The van der Waals surface area contributed by atoms with Crippen LogP contribution in [0.3, 0.4) is 0 Å². The van der Waals surface area contributed by atoms with Crippen LogP contribution >= 0.6 is 11.8 Å². The van der Waals surface area contributed by atoms with Crippen molar-refractivity contribution in [2.45, 2.75) is 16.4 Å². The van der Waals surface area contributed by atoms with Crippen LogP contribution in [0.25, 0.3) is 0 Å². The molecule has 0 aromatic heterocycles. The number of nitro benzene ring substituents is 1. The molecule has 1 heterocycles. The molecule has 0 radical (unpaired) electrons. The van der Waals surface area contributed by atoms with Gasteiger partial charge in [-0.25, -0.2) is 17.9 Å². The van der Waals surface area contributed by atoms with Crippen molar-refractivity contribution in [3.05, 3.63) is 124 Å². The fourth-order valence-electron chi connectivity index (χ4n) is 4.87. The molecule has 4 aromatic carbocycles. The van der Waals surface area contributed by atoms with Crippen LogP contribution in [0.2, 0.25) is 0 Å². The zero-order valence-corrected chi connectivity index (χ0v) is 26.9. The number of nitrogens with zero attached hydrogens (tertiary/aromatic N) is 3. The minimum Gasteiger partial charge on any atom is -0.445 e. The first kappa shape index (κ1) is 33.3. The Kier molecular flexibility index (Phi) is 11.0. The fourth-order valence-corrected chi connectivity index (χ4v) is 6.65. The lowest BCUT2D eigenvalue weighted by atomic mass is 10.1. The van der Waals surface area contributed by atoms with E-state index in [1.54, 1.807) is 28.8 Å². The lowest BCUT2D eigenvalue weighted by Gasteiger charge is -2.35. The van der Waals surface area contributed by atoms with Crippen LogP contribution in [0.5, 0.6) is 0 Å². The average Bonchev–Trinajstić information content (AvgIpc) is 3.10. The number of sulfonamides is 1. The van der Waals surface area contributed by atoms with Gasteiger partial charge < -0.3 is 19.9 Å². The summed E-state index contributed by atoms with van der Waals surface area (Å²) in [6, 6.07) is 29.0. The van der Waals surface area contributed by atoms with Crippen molar-refractivity contribution in [3.63, 3.8) is 0 Å². The molecule has 5 rings (SSSR count). The average molecular weight is 676 g/mol. The zero-order valence-electron chi connectivity index (χ0n) is 25.3. The van der Waals surface area contributed by atoms with Gasteiger partial charge in [0, 0.05) is 60.7 Å². The van der Waals surface area contributed by atoms with E-state index in [-0.39, 0.29) is 24.0 Å². The van der Waals surface area contributed by atoms with Crippen LogP contribution < -0.4 is 14.9 Å². The number of carbonyl (C=O) groups is 2. The number of nitrogens with one attached hydrogen (secondary N) is 2. The predicted octanol–water partition coefficient (Wildman–Crippen LogP) is 5.38. The summed E-state index contributed by atoms with van der Waals surface area (Å²) < 4.78 is 33.5. The Bertz CT molecular complexity index is 1800. The number of amides is 2. The number of carbonyl (C=O) groups excluding carboxylic acids is 2. The van der Waals surface area contributed by atoms with E-state index in [9.17, 15) is 28.1 Å². The molecule has 244 valence electrons. The number of nitro groups is 1. The quantitative estimate of drug-likeness (QED) is 0.0867. The van der Waals surface area contributed by atoms with Gasteiger partial charge in [-0.15, -0.1) is 11.8 Å². The van der Waals surface area contributed by atoms with Crippen molar-refractivity contribution < 1.29 is 27.7 Å². The van der Waals surface area contributed by atoms with Gasteiger partial charge in [-0.1, -0.05) is 48.5 Å². The predicted molar refractivity (Wildman–Crippen MR) is 180 cm³/mol. The maximum atomic E-state index is 13.0. The van der Waals surface area contributed by atoms with Gasteiger partial charge in [0.25, 0.3) is 21.6 Å².